The molecule has 1 atom stereocenters. The van der Waals surface area contributed by atoms with Crippen LogP contribution < -0.4 is 15.8 Å². The van der Waals surface area contributed by atoms with E-state index in [9.17, 15) is 4.79 Å². The van der Waals surface area contributed by atoms with Crippen LogP contribution in [-0.4, -0.2) is 32.3 Å². The summed E-state index contributed by atoms with van der Waals surface area (Å²) in [5, 5.41) is 2.84. The lowest BCUT2D eigenvalue weighted by Crippen LogP contribution is -2.36. The summed E-state index contributed by atoms with van der Waals surface area (Å²) in [6.07, 6.45) is 0. The van der Waals surface area contributed by atoms with Gasteiger partial charge >= 0.3 is 0 Å². The third-order valence-corrected chi connectivity index (χ3v) is 2.42. The number of anilines is 1. The van der Waals surface area contributed by atoms with Crippen LogP contribution in [0, 0.1) is 0 Å². The fourth-order valence-corrected chi connectivity index (χ4v) is 1.53. The van der Waals surface area contributed by atoms with Gasteiger partial charge in [-0.15, -0.1) is 0 Å². The van der Waals surface area contributed by atoms with Crippen LogP contribution in [0.15, 0.2) is 18.2 Å². The molecule has 5 nitrogen and oxygen atoms in total. The number of hydrogen-bond acceptors (Lipinski definition) is 4. The van der Waals surface area contributed by atoms with Gasteiger partial charge < -0.3 is 20.5 Å². The van der Waals surface area contributed by atoms with Crippen molar-refractivity contribution in [2.24, 2.45) is 0 Å². The Balaban J connectivity index is 2.72. The Morgan fingerprint density at radius 2 is 2.22 bits per heavy atom. The number of nitrogens with two attached hydrogens (primary N) is 1. The Morgan fingerprint density at radius 3 is 2.83 bits per heavy atom. The van der Waals surface area contributed by atoms with E-state index in [4.69, 9.17) is 15.2 Å². The molecule has 0 aromatic heterocycles. The second-order valence-corrected chi connectivity index (χ2v) is 3.99. The standard InChI is InChI=1S/C13H20N2O3/c1-4-18-8-9(2)15-13(16)11-6-5-10(14)7-12(11)17-3/h5-7,9H,4,8,14H2,1-3H3,(H,15,16). The first-order chi connectivity index (χ1) is 8.58. The van der Waals surface area contributed by atoms with Gasteiger partial charge in [0.25, 0.3) is 5.91 Å². The quantitative estimate of drug-likeness (QED) is 0.751. The molecule has 1 unspecified atom stereocenters. The average Bonchev–Trinajstić information content (AvgIpc) is 2.35. The van der Waals surface area contributed by atoms with Gasteiger partial charge in [0.2, 0.25) is 0 Å². The van der Waals surface area contributed by atoms with Crippen molar-refractivity contribution < 1.29 is 14.3 Å². The number of benzene rings is 1. The van der Waals surface area contributed by atoms with E-state index in [2.05, 4.69) is 5.32 Å². The van der Waals surface area contributed by atoms with Gasteiger partial charge in [0.15, 0.2) is 0 Å². The summed E-state index contributed by atoms with van der Waals surface area (Å²) >= 11 is 0. The molecular weight excluding hydrogens is 232 g/mol. The summed E-state index contributed by atoms with van der Waals surface area (Å²) in [5.41, 5.74) is 6.67. The maximum atomic E-state index is 12.0. The third-order valence-electron chi connectivity index (χ3n) is 2.42. The first-order valence-electron chi connectivity index (χ1n) is 5.90. The predicted molar refractivity (Wildman–Crippen MR) is 70.8 cm³/mol. The van der Waals surface area contributed by atoms with Crippen LogP contribution in [0.4, 0.5) is 5.69 Å². The van der Waals surface area contributed by atoms with E-state index in [1.165, 1.54) is 7.11 Å². The lowest BCUT2D eigenvalue weighted by molar-refractivity contribution is 0.0869. The van der Waals surface area contributed by atoms with E-state index in [-0.39, 0.29) is 11.9 Å². The molecule has 5 heteroatoms. The zero-order valence-corrected chi connectivity index (χ0v) is 11.0. The zero-order valence-electron chi connectivity index (χ0n) is 11.0. The van der Waals surface area contributed by atoms with Crippen molar-refractivity contribution in [1.82, 2.24) is 5.32 Å². The SMILES string of the molecule is CCOCC(C)NC(=O)c1ccc(N)cc1OC. The van der Waals surface area contributed by atoms with Crippen LogP contribution in [0.2, 0.25) is 0 Å². The monoisotopic (exact) mass is 252 g/mol. The van der Waals surface area contributed by atoms with Crippen molar-refractivity contribution in [3.05, 3.63) is 23.8 Å². The van der Waals surface area contributed by atoms with Crippen molar-refractivity contribution in [2.75, 3.05) is 26.1 Å². The molecule has 1 aromatic rings. The summed E-state index contributed by atoms with van der Waals surface area (Å²) in [4.78, 5) is 12.0. The first kappa shape index (κ1) is 14.3. The summed E-state index contributed by atoms with van der Waals surface area (Å²) in [6, 6.07) is 4.89. The second-order valence-electron chi connectivity index (χ2n) is 3.99. The van der Waals surface area contributed by atoms with Gasteiger partial charge in [-0.1, -0.05) is 0 Å². The van der Waals surface area contributed by atoms with Crippen molar-refractivity contribution in [2.45, 2.75) is 19.9 Å². The number of nitrogen functional groups attached to an aromatic ring is 1. The highest BCUT2D eigenvalue weighted by molar-refractivity contribution is 5.97. The van der Waals surface area contributed by atoms with Crippen molar-refractivity contribution in [3.8, 4) is 5.75 Å². The molecule has 100 valence electrons. The number of methoxy groups -OCH3 is 1. The van der Waals surface area contributed by atoms with Crippen molar-refractivity contribution in [3.63, 3.8) is 0 Å². The maximum absolute atomic E-state index is 12.0. The first-order valence-corrected chi connectivity index (χ1v) is 5.90. The summed E-state index contributed by atoms with van der Waals surface area (Å²) in [5.74, 6) is 0.273. The van der Waals surface area contributed by atoms with Gasteiger partial charge in [0.1, 0.15) is 5.75 Å². The number of carbonyl (C=O) groups is 1. The number of ether oxygens (including phenoxy) is 2. The molecule has 0 bridgehead atoms. The Hall–Kier alpha value is -1.75. The molecule has 0 aliphatic heterocycles. The largest absolute Gasteiger partial charge is 0.496 e. The van der Waals surface area contributed by atoms with Gasteiger partial charge in [0.05, 0.1) is 19.3 Å². The second kappa shape index (κ2) is 6.86. The van der Waals surface area contributed by atoms with E-state index in [0.717, 1.165) is 0 Å². The Kier molecular flexibility index (Phi) is 5.45. The molecule has 18 heavy (non-hydrogen) atoms. The predicted octanol–water partition coefficient (Wildman–Crippen LogP) is 1.43. The van der Waals surface area contributed by atoms with Gasteiger partial charge in [-0.25, -0.2) is 0 Å². The van der Waals surface area contributed by atoms with Gasteiger partial charge in [-0.05, 0) is 26.0 Å². The molecule has 0 saturated heterocycles. The highest BCUT2D eigenvalue weighted by Gasteiger charge is 2.14. The van der Waals surface area contributed by atoms with Gasteiger partial charge in [0, 0.05) is 24.4 Å². The van der Waals surface area contributed by atoms with E-state index >= 15 is 0 Å². The van der Waals surface area contributed by atoms with Crippen LogP contribution in [0.5, 0.6) is 5.75 Å². The molecule has 0 radical (unpaired) electrons. The summed E-state index contributed by atoms with van der Waals surface area (Å²) in [7, 11) is 1.51. The molecular formula is C13H20N2O3. The fourth-order valence-electron chi connectivity index (χ4n) is 1.53. The highest BCUT2D eigenvalue weighted by atomic mass is 16.5. The molecule has 0 spiro atoms. The van der Waals surface area contributed by atoms with E-state index in [1.54, 1.807) is 18.2 Å². The molecule has 0 fully saturated rings. The lowest BCUT2D eigenvalue weighted by Gasteiger charge is -2.15. The molecule has 0 heterocycles. The number of amides is 1. The minimum Gasteiger partial charge on any atom is -0.496 e. The van der Waals surface area contributed by atoms with E-state index in [1.807, 2.05) is 13.8 Å². The molecule has 1 aromatic carbocycles. The Morgan fingerprint density at radius 1 is 1.50 bits per heavy atom. The number of rotatable bonds is 6. The number of nitrogens with one attached hydrogen (secondary N) is 1. The zero-order chi connectivity index (χ0) is 13.5. The van der Waals surface area contributed by atoms with Crippen LogP contribution in [-0.2, 0) is 4.74 Å². The van der Waals surface area contributed by atoms with E-state index in [0.29, 0.717) is 30.2 Å². The number of carbonyl (C=O) groups excluding carboxylic acids is 1. The minimum absolute atomic E-state index is 0.0558. The highest BCUT2D eigenvalue weighted by Crippen LogP contribution is 2.21. The smallest absolute Gasteiger partial charge is 0.255 e. The lowest BCUT2D eigenvalue weighted by atomic mass is 10.1. The maximum Gasteiger partial charge on any atom is 0.255 e. The van der Waals surface area contributed by atoms with Gasteiger partial charge in [-0.3, -0.25) is 4.79 Å². The van der Waals surface area contributed by atoms with Crippen LogP contribution in [0.1, 0.15) is 24.2 Å². The van der Waals surface area contributed by atoms with Crippen LogP contribution in [0.3, 0.4) is 0 Å². The van der Waals surface area contributed by atoms with Crippen molar-refractivity contribution >= 4 is 11.6 Å². The van der Waals surface area contributed by atoms with E-state index < -0.39 is 0 Å². The summed E-state index contributed by atoms with van der Waals surface area (Å²) < 4.78 is 10.4. The Labute approximate surface area is 107 Å². The molecule has 1 amide bonds. The van der Waals surface area contributed by atoms with Crippen LogP contribution >= 0.6 is 0 Å². The topological polar surface area (TPSA) is 73.6 Å². The normalized spacial score (nSPS) is 11.9. The third kappa shape index (κ3) is 3.92. The fraction of sp³-hybridized carbons (Fsp3) is 0.462. The molecule has 0 saturated carbocycles. The number of hydrogen-bond donors (Lipinski definition) is 2. The molecule has 1 rings (SSSR count). The Bertz CT molecular complexity index is 407. The molecule has 0 aliphatic carbocycles. The average molecular weight is 252 g/mol. The van der Waals surface area contributed by atoms with Gasteiger partial charge in [-0.2, -0.15) is 0 Å². The van der Waals surface area contributed by atoms with Crippen LogP contribution in [0.25, 0.3) is 0 Å². The van der Waals surface area contributed by atoms with Crippen molar-refractivity contribution in [1.29, 1.82) is 0 Å². The molecule has 3 N–H and O–H groups in total. The minimum atomic E-state index is -0.195. The summed E-state index contributed by atoms with van der Waals surface area (Å²) in [6.45, 7) is 4.92. The molecule has 0 aliphatic rings.